The van der Waals surface area contributed by atoms with Gasteiger partial charge in [0.1, 0.15) is 5.82 Å². The zero-order chi connectivity index (χ0) is 13.9. The third kappa shape index (κ3) is 2.95. The van der Waals surface area contributed by atoms with Crippen LogP contribution in [0.4, 0.5) is 4.39 Å². The van der Waals surface area contributed by atoms with Crippen molar-refractivity contribution in [2.75, 3.05) is 13.1 Å². The molecule has 0 aliphatic heterocycles. The largest absolute Gasteiger partial charge is 0.355 e. The van der Waals surface area contributed by atoms with E-state index in [1.165, 1.54) is 6.07 Å². The summed E-state index contributed by atoms with van der Waals surface area (Å²) in [6.07, 6.45) is 2.22. The summed E-state index contributed by atoms with van der Waals surface area (Å²) in [6, 6.07) is 6.64. The van der Waals surface area contributed by atoms with Gasteiger partial charge in [-0.25, -0.2) is 4.39 Å². The lowest BCUT2D eigenvalue weighted by molar-refractivity contribution is -0.138. The first-order chi connectivity index (χ1) is 9.07. The minimum Gasteiger partial charge on any atom is -0.355 e. The highest BCUT2D eigenvalue weighted by molar-refractivity contribution is 5.83. The second-order valence-corrected chi connectivity index (χ2v) is 5.60. The molecule has 1 aromatic rings. The minimum atomic E-state index is -0.380. The van der Waals surface area contributed by atoms with E-state index in [1.54, 1.807) is 18.2 Å². The number of amides is 1. The summed E-state index contributed by atoms with van der Waals surface area (Å²) >= 11 is 0. The molecule has 2 rings (SSSR count). The van der Waals surface area contributed by atoms with Crippen molar-refractivity contribution < 1.29 is 9.18 Å². The minimum absolute atomic E-state index is 0.0180. The molecule has 0 saturated heterocycles. The van der Waals surface area contributed by atoms with Crippen molar-refractivity contribution >= 4 is 5.91 Å². The van der Waals surface area contributed by atoms with Gasteiger partial charge in [-0.2, -0.15) is 0 Å². The fourth-order valence-electron chi connectivity index (χ4n) is 2.92. The van der Waals surface area contributed by atoms with E-state index >= 15 is 0 Å². The van der Waals surface area contributed by atoms with Crippen molar-refractivity contribution in [3.05, 3.63) is 35.6 Å². The lowest BCUT2D eigenvalue weighted by atomic mass is 9.62. The summed E-state index contributed by atoms with van der Waals surface area (Å²) in [4.78, 5) is 12.1. The average molecular weight is 264 g/mol. The number of carbonyl (C=O) groups is 1. The van der Waals surface area contributed by atoms with Crippen molar-refractivity contribution in [2.45, 2.75) is 26.2 Å². The van der Waals surface area contributed by atoms with E-state index < -0.39 is 0 Å². The highest BCUT2D eigenvalue weighted by Gasteiger charge is 2.46. The first-order valence-corrected chi connectivity index (χ1v) is 6.79. The Morgan fingerprint density at radius 2 is 2.16 bits per heavy atom. The topological polar surface area (TPSA) is 55.1 Å². The Bertz CT molecular complexity index is 455. The SMILES string of the molecule is CC1CC(CN)(C(=O)NCCc2ccccc2F)C1. The highest BCUT2D eigenvalue weighted by atomic mass is 19.1. The van der Waals surface area contributed by atoms with Crippen LogP contribution < -0.4 is 11.1 Å². The van der Waals surface area contributed by atoms with E-state index in [0.29, 0.717) is 31.0 Å². The normalized spacial score (nSPS) is 25.7. The number of halogens is 1. The smallest absolute Gasteiger partial charge is 0.227 e. The molecule has 0 radical (unpaired) electrons. The highest BCUT2D eigenvalue weighted by Crippen LogP contribution is 2.44. The van der Waals surface area contributed by atoms with Crippen LogP contribution in [0.2, 0.25) is 0 Å². The number of carbonyl (C=O) groups excluding carboxylic acids is 1. The molecule has 3 N–H and O–H groups in total. The van der Waals surface area contributed by atoms with Crippen molar-refractivity contribution in [3.63, 3.8) is 0 Å². The fraction of sp³-hybridized carbons (Fsp3) is 0.533. The molecule has 1 fully saturated rings. The Morgan fingerprint density at radius 1 is 1.47 bits per heavy atom. The van der Waals surface area contributed by atoms with Crippen LogP contribution in [0, 0.1) is 17.2 Å². The van der Waals surface area contributed by atoms with Crippen molar-refractivity contribution in [2.24, 2.45) is 17.1 Å². The zero-order valence-corrected chi connectivity index (χ0v) is 11.3. The van der Waals surface area contributed by atoms with Gasteiger partial charge in [0.05, 0.1) is 5.41 Å². The Morgan fingerprint density at radius 3 is 2.74 bits per heavy atom. The Labute approximate surface area is 113 Å². The average Bonchev–Trinajstić information content (AvgIpc) is 2.37. The van der Waals surface area contributed by atoms with Gasteiger partial charge in [0.25, 0.3) is 0 Å². The standard InChI is InChI=1S/C15H21FN2O/c1-11-8-15(9-11,10-17)14(19)18-7-6-12-4-2-3-5-13(12)16/h2-5,11H,6-10,17H2,1H3,(H,18,19). The third-order valence-corrected chi connectivity index (χ3v) is 3.99. The maximum absolute atomic E-state index is 13.4. The van der Waals surface area contributed by atoms with E-state index in [1.807, 2.05) is 0 Å². The molecule has 0 unspecified atom stereocenters. The molecule has 3 nitrogen and oxygen atoms in total. The number of hydrogen-bond donors (Lipinski definition) is 2. The molecule has 0 spiro atoms. The van der Waals surface area contributed by atoms with Crippen LogP contribution in [0.5, 0.6) is 0 Å². The number of benzene rings is 1. The maximum atomic E-state index is 13.4. The number of nitrogens with two attached hydrogens (primary N) is 1. The van der Waals surface area contributed by atoms with Crippen molar-refractivity contribution in [1.29, 1.82) is 0 Å². The fourth-order valence-corrected chi connectivity index (χ4v) is 2.92. The van der Waals surface area contributed by atoms with Crippen LogP contribution in [0.25, 0.3) is 0 Å². The van der Waals surface area contributed by atoms with Gasteiger partial charge in [-0.15, -0.1) is 0 Å². The van der Waals surface area contributed by atoms with Crippen LogP contribution in [0.3, 0.4) is 0 Å². The summed E-state index contributed by atoms with van der Waals surface area (Å²) in [5, 5.41) is 2.89. The molecular weight excluding hydrogens is 243 g/mol. The van der Waals surface area contributed by atoms with Crippen molar-refractivity contribution in [3.8, 4) is 0 Å². The lowest BCUT2D eigenvalue weighted by Gasteiger charge is -2.44. The number of rotatable bonds is 5. The van der Waals surface area contributed by atoms with E-state index in [4.69, 9.17) is 5.73 Å². The summed E-state index contributed by atoms with van der Waals surface area (Å²) < 4.78 is 13.4. The molecule has 1 aromatic carbocycles. The number of nitrogens with one attached hydrogen (secondary N) is 1. The van der Waals surface area contributed by atoms with Crippen LogP contribution in [-0.4, -0.2) is 19.0 Å². The molecule has 0 atom stereocenters. The second-order valence-electron chi connectivity index (χ2n) is 5.60. The van der Waals surface area contributed by atoms with Gasteiger partial charge in [-0.05, 0) is 36.8 Å². The predicted molar refractivity (Wildman–Crippen MR) is 73.0 cm³/mol. The zero-order valence-electron chi connectivity index (χ0n) is 11.3. The summed E-state index contributed by atoms with van der Waals surface area (Å²) in [5.74, 6) is 0.368. The summed E-state index contributed by atoms with van der Waals surface area (Å²) in [7, 11) is 0. The Hall–Kier alpha value is -1.42. The van der Waals surface area contributed by atoms with Gasteiger partial charge in [-0.1, -0.05) is 25.1 Å². The van der Waals surface area contributed by atoms with Gasteiger partial charge >= 0.3 is 0 Å². The molecule has 0 aromatic heterocycles. The molecule has 1 saturated carbocycles. The molecule has 4 heteroatoms. The maximum Gasteiger partial charge on any atom is 0.227 e. The molecule has 1 aliphatic rings. The molecular formula is C15H21FN2O. The monoisotopic (exact) mass is 264 g/mol. The van der Waals surface area contributed by atoms with E-state index in [-0.39, 0.29) is 17.1 Å². The summed E-state index contributed by atoms with van der Waals surface area (Å²) in [5.41, 5.74) is 5.97. The molecule has 0 heterocycles. The quantitative estimate of drug-likeness (QED) is 0.853. The van der Waals surface area contributed by atoms with Crippen molar-refractivity contribution in [1.82, 2.24) is 5.32 Å². The van der Waals surface area contributed by atoms with E-state index in [9.17, 15) is 9.18 Å². The van der Waals surface area contributed by atoms with Gasteiger partial charge in [0, 0.05) is 13.1 Å². The molecule has 1 amide bonds. The molecule has 19 heavy (non-hydrogen) atoms. The molecule has 0 bridgehead atoms. The number of hydrogen-bond acceptors (Lipinski definition) is 2. The van der Waals surface area contributed by atoms with Crippen LogP contribution >= 0.6 is 0 Å². The lowest BCUT2D eigenvalue weighted by Crippen LogP contribution is -2.53. The first kappa shape index (κ1) is 14.0. The van der Waals surface area contributed by atoms with Gasteiger partial charge in [-0.3, -0.25) is 4.79 Å². The van der Waals surface area contributed by atoms with Gasteiger partial charge in [0.2, 0.25) is 5.91 Å². The first-order valence-electron chi connectivity index (χ1n) is 6.79. The van der Waals surface area contributed by atoms with Gasteiger partial charge in [0.15, 0.2) is 0 Å². The van der Waals surface area contributed by atoms with Crippen LogP contribution in [-0.2, 0) is 11.2 Å². The Balaban J connectivity index is 1.83. The molecule has 1 aliphatic carbocycles. The van der Waals surface area contributed by atoms with Crippen LogP contribution in [0.15, 0.2) is 24.3 Å². The third-order valence-electron chi connectivity index (χ3n) is 3.99. The van der Waals surface area contributed by atoms with E-state index in [0.717, 1.165) is 12.8 Å². The van der Waals surface area contributed by atoms with Crippen LogP contribution in [0.1, 0.15) is 25.3 Å². The molecule has 104 valence electrons. The summed E-state index contributed by atoms with van der Waals surface area (Å²) in [6.45, 7) is 2.97. The van der Waals surface area contributed by atoms with E-state index in [2.05, 4.69) is 12.2 Å². The Kier molecular flexibility index (Phi) is 4.20. The predicted octanol–water partition coefficient (Wildman–Crippen LogP) is 1.86. The second kappa shape index (κ2) is 5.70. The van der Waals surface area contributed by atoms with Gasteiger partial charge < -0.3 is 11.1 Å².